The largest absolute Gasteiger partial charge is 0.497 e. The number of hydrogen-bond donors (Lipinski definition) is 1. The van der Waals surface area contributed by atoms with Gasteiger partial charge in [0.25, 0.3) is 0 Å². The van der Waals surface area contributed by atoms with Gasteiger partial charge in [-0.3, -0.25) is 4.79 Å². The van der Waals surface area contributed by atoms with Crippen molar-refractivity contribution < 1.29 is 9.53 Å². The summed E-state index contributed by atoms with van der Waals surface area (Å²) in [6, 6.07) is 7.58. The summed E-state index contributed by atoms with van der Waals surface area (Å²) in [7, 11) is 1.61. The zero-order chi connectivity index (χ0) is 12.1. The van der Waals surface area contributed by atoms with Gasteiger partial charge in [-0.2, -0.15) is 0 Å². The molecule has 0 spiro atoms. The average molecular weight is 219 g/mol. The van der Waals surface area contributed by atoms with E-state index < -0.39 is 0 Å². The number of benzene rings is 1. The Morgan fingerprint density at radius 2 is 2.25 bits per heavy atom. The van der Waals surface area contributed by atoms with Crippen LogP contribution in [-0.4, -0.2) is 13.0 Å². The maximum Gasteiger partial charge on any atom is 0.221 e. The SMILES string of the molecule is C=C[C@@H](c1cccc(OC)c1)[C@@H](C)C(N)=O. The molecule has 2 atom stereocenters. The summed E-state index contributed by atoms with van der Waals surface area (Å²) in [5.74, 6) is 0.0888. The van der Waals surface area contributed by atoms with Crippen LogP contribution in [0.15, 0.2) is 36.9 Å². The molecule has 0 aliphatic carbocycles. The first-order valence-corrected chi connectivity index (χ1v) is 5.16. The molecule has 0 saturated heterocycles. The van der Waals surface area contributed by atoms with Crippen LogP contribution in [0.1, 0.15) is 18.4 Å². The van der Waals surface area contributed by atoms with E-state index in [1.807, 2.05) is 24.3 Å². The van der Waals surface area contributed by atoms with Crippen molar-refractivity contribution in [2.45, 2.75) is 12.8 Å². The van der Waals surface area contributed by atoms with Gasteiger partial charge in [0.15, 0.2) is 0 Å². The topological polar surface area (TPSA) is 52.3 Å². The molecule has 2 N–H and O–H groups in total. The molecule has 0 aliphatic rings. The number of amides is 1. The van der Waals surface area contributed by atoms with Crippen LogP contribution in [0.25, 0.3) is 0 Å². The van der Waals surface area contributed by atoms with Gasteiger partial charge >= 0.3 is 0 Å². The molecule has 1 aromatic rings. The van der Waals surface area contributed by atoms with Crippen LogP contribution in [0.5, 0.6) is 5.75 Å². The number of hydrogen-bond acceptors (Lipinski definition) is 2. The normalized spacial score (nSPS) is 13.9. The molecule has 86 valence electrons. The summed E-state index contributed by atoms with van der Waals surface area (Å²) < 4.78 is 5.14. The highest BCUT2D eigenvalue weighted by Gasteiger charge is 2.21. The minimum atomic E-state index is -0.326. The van der Waals surface area contributed by atoms with E-state index in [0.29, 0.717) is 0 Å². The van der Waals surface area contributed by atoms with E-state index in [0.717, 1.165) is 11.3 Å². The zero-order valence-electron chi connectivity index (χ0n) is 9.64. The van der Waals surface area contributed by atoms with Crippen molar-refractivity contribution in [1.29, 1.82) is 0 Å². The lowest BCUT2D eigenvalue weighted by Gasteiger charge is -2.18. The second-order valence-corrected chi connectivity index (χ2v) is 3.73. The van der Waals surface area contributed by atoms with Crippen LogP contribution < -0.4 is 10.5 Å². The second-order valence-electron chi connectivity index (χ2n) is 3.73. The van der Waals surface area contributed by atoms with E-state index in [-0.39, 0.29) is 17.7 Å². The molecule has 0 saturated carbocycles. The van der Waals surface area contributed by atoms with Crippen molar-refractivity contribution in [3.05, 3.63) is 42.5 Å². The molecular formula is C13H17NO2. The highest BCUT2D eigenvalue weighted by atomic mass is 16.5. The fourth-order valence-corrected chi connectivity index (χ4v) is 1.65. The first-order valence-electron chi connectivity index (χ1n) is 5.16. The van der Waals surface area contributed by atoms with Crippen LogP contribution in [-0.2, 0) is 4.79 Å². The number of rotatable bonds is 5. The van der Waals surface area contributed by atoms with Gasteiger partial charge in [0.05, 0.1) is 7.11 Å². The van der Waals surface area contributed by atoms with Gasteiger partial charge in [0, 0.05) is 11.8 Å². The van der Waals surface area contributed by atoms with E-state index in [4.69, 9.17) is 10.5 Å². The molecule has 1 amide bonds. The van der Waals surface area contributed by atoms with E-state index in [9.17, 15) is 4.79 Å². The molecule has 0 heterocycles. The number of primary amides is 1. The molecule has 0 aliphatic heterocycles. The lowest BCUT2D eigenvalue weighted by atomic mass is 9.87. The molecular weight excluding hydrogens is 202 g/mol. The molecule has 1 rings (SSSR count). The molecule has 1 aromatic carbocycles. The Kier molecular flexibility index (Phi) is 4.11. The van der Waals surface area contributed by atoms with Crippen LogP contribution in [0.3, 0.4) is 0 Å². The van der Waals surface area contributed by atoms with Gasteiger partial charge in [-0.25, -0.2) is 0 Å². The molecule has 3 nitrogen and oxygen atoms in total. The first-order chi connectivity index (χ1) is 7.60. The van der Waals surface area contributed by atoms with Gasteiger partial charge in [-0.15, -0.1) is 6.58 Å². The number of nitrogens with two attached hydrogens (primary N) is 1. The molecule has 3 heteroatoms. The lowest BCUT2D eigenvalue weighted by Crippen LogP contribution is -2.25. The number of carbonyl (C=O) groups is 1. The Balaban J connectivity index is 3.03. The molecule has 0 unspecified atom stereocenters. The van der Waals surface area contributed by atoms with Crippen molar-refractivity contribution >= 4 is 5.91 Å². The predicted molar refractivity (Wildman–Crippen MR) is 64.3 cm³/mol. The summed E-state index contributed by atoms with van der Waals surface area (Å²) in [5.41, 5.74) is 6.29. The number of allylic oxidation sites excluding steroid dienone is 1. The van der Waals surface area contributed by atoms with Crippen LogP contribution in [0, 0.1) is 5.92 Å². The molecule has 0 bridgehead atoms. The minimum Gasteiger partial charge on any atom is -0.497 e. The molecule has 0 radical (unpaired) electrons. The smallest absolute Gasteiger partial charge is 0.221 e. The minimum absolute atomic E-state index is 0.0763. The Hall–Kier alpha value is -1.77. The summed E-state index contributed by atoms with van der Waals surface area (Å²) in [4.78, 5) is 11.2. The van der Waals surface area contributed by atoms with Gasteiger partial charge in [0.2, 0.25) is 5.91 Å². The van der Waals surface area contributed by atoms with E-state index in [1.54, 1.807) is 20.1 Å². The Bertz CT molecular complexity index is 387. The van der Waals surface area contributed by atoms with Crippen LogP contribution in [0.4, 0.5) is 0 Å². The van der Waals surface area contributed by atoms with Crippen LogP contribution in [0.2, 0.25) is 0 Å². The molecule has 0 aromatic heterocycles. The molecule has 0 fully saturated rings. The van der Waals surface area contributed by atoms with Crippen molar-refractivity contribution in [1.82, 2.24) is 0 Å². The van der Waals surface area contributed by atoms with Gasteiger partial charge in [-0.1, -0.05) is 25.1 Å². The van der Waals surface area contributed by atoms with Gasteiger partial charge in [0.1, 0.15) is 5.75 Å². The lowest BCUT2D eigenvalue weighted by molar-refractivity contribution is -0.121. The second kappa shape index (κ2) is 5.35. The fraction of sp³-hybridized carbons (Fsp3) is 0.308. The summed E-state index contributed by atoms with van der Waals surface area (Å²) in [5, 5.41) is 0. The molecule has 16 heavy (non-hydrogen) atoms. The number of carbonyl (C=O) groups excluding carboxylic acids is 1. The number of methoxy groups -OCH3 is 1. The highest BCUT2D eigenvalue weighted by molar-refractivity contribution is 5.77. The zero-order valence-corrected chi connectivity index (χ0v) is 9.64. The third-order valence-electron chi connectivity index (χ3n) is 2.72. The van der Waals surface area contributed by atoms with E-state index in [1.165, 1.54) is 0 Å². The van der Waals surface area contributed by atoms with Crippen molar-refractivity contribution in [3.8, 4) is 5.75 Å². The van der Waals surface area contributed by atoms with E-state index >= 15 is 0 Å². The standard InChI is InChI=1S/C13H17NO2/c1-4-12(9(2)13(14)15)10-6-5-7-11(8-10)16-3/h4-9,12H,1H2,2-3H3,(H2,14,15)/t9-,12-/m1/s1. The first kappa shape index (κ1) is 12.3. The Morgan fingerprint density at radius 3 is 2.75 bits per heavy atom. The van der Waals surface area contributed by atoms with Crippen molar-refractivity contribution in [3.63, 3.8) is 0 Å². The third-order valence-corrected chi connectivity index (χ3v) is 2.72. The fourth-order valence-electron chi connectivity index (χ4n) is 1.65. The van der Waals surface area contributed by atoms with Crippen LogP contribution >= 0.6 is 0 Å². The van der Waals surface area contributed by atoms with Gasteiger partial charge < -0.3 is 10.5 Å². The van der Waals surface area contributed by atoms with Gasteiger partial charge in [-0.05, 0) is 17.7 Å². The summed E-state index contributed by atoms with van der Waals surface area (Å²) >= 11 is 0. The van der Waals surface area contributed by atoms with E-state index in [2.05, 4.69) is 6.58 Å². The Labute approximate surface area is 95.9 Å². The Morgan fingerprint density at radius 1 is 1.56 bits per heavy atom. The summed E-state index contributed by atoms with van der Waals surface area (Å²) in [6.07, 6.45) is 1.74. The number of ether oxygens (including phenoxy) is 1. The average Bonchev–Trinajstić information content (AvgIpc) is 2.30. The summed E-state index contributed by atoms with van der Waals surface area (Å²) in [6.45, 7) is 5.55. The highest BCUT2D eigenvalue weighted by Crippen LogP contribution is 2.28. The predicted octanol–water partition coefficient (Wildman–Crippen LogP) is 2.09. The monoisotopic (exact) mass is 219 g/mol. The quantitative estimate of drug-likeness (QED) is 0.771. The maximum atomic E-state index is 11.2. The maximum absolute atomic E-state index is 11.2. The van der Waals surface area contributed by atoms with Crippen molar-refractivity contribution in [2.24, 2.45) is 11.7 Å². The van der Waals surface area contributed by atoms with Crippen molar-refractivity contribution in [2.75, 3.05) is 7.11 Å². The third kappa shape index (κ3) is 2.63.